The van der Waals surface area contributed by atoms with Crippen molar-refractivity contribution in [1.29, 1.82) is 0 Å². The molecule has 2 saturated carbocycles. The van der Waals surface area contributed by atoms with E-state index in [1.165, 1.54) is 25.7 Å². The SMILES string of the molecule is O=C(O)C1(n2nnnc2C2CCCCCC2)CCC1. The molecule has 0 amide bonds. The summed E-state index contributed by atoms with van der Waals surface area (Å²) in [6, 6.07) is 0. The summed E-state index contributed by atoms with van der Waals surface area (Å²) < 4.78 is 1.62. The largest absolute Gasteiger partial charge is 0.479 e. The molecule has 3 rings (SSSR count). The highest BCUT2D eigenvalue weighted by Gasteiger charge is 2.49. The molecule has 2 fully saturated rings. The van der Waals surface area contributed by atoms with Gasteiger partial charge < -0.3 is 5.11 Å². The van der Waals surface area contributed by atoms with Crippen molar-refractivity contribution in [2.75, 3.05) is 0 Å². The lowest BCUT2D eigenvalue weighted by Crippen LogP contribution is -2.49. The number of aromatic nitrogens is 4. The van der Waals surface area contributed by atoms with Gasteiger partial charge in [0.05, 0.1) is 0 Å². The van der Waals surface area contributed by atoms with Crippen LogP contribution < -0.4 is 0 Å². The lowest BCUT2D eigenvalue weighted by molar-refractivity contribution is -0.153. The number of rotatable bonds is 3. The molecule has 1 N–H and O–H groups in total. The van der Waals surface area contributed by atoms with Gasteiger partial charge in [0.2, 0.25) is 0 Å². The monoisotopic (exact) mass is 264 g/mol. The van der Waals surface area contributed by atoms with E-state index in [2.05, 4.69) is 15.5 Å². The van der Waals surface area contributed by atoms with Gasteiger partial charge in [0.25, 0.3) is 0 Å². The quantitative estimate of drug-likeness (QED) is 0.845. The zero-order chi connectivity index (χ0) is 13.3. The van der Waals surface area contributed by atoms with Crippen molar-refractivity contribution in [2.45, 2.75) is 69.2 Å². The second-order valence-corrected chi connectivity index (χ2v) is 5.83. The van der Waals surface area contributed by atoms with Crippen LogP contribution in [0.4, 0.5) is 0 Å². The van der Waals surface area contributed by atoms with Crippen molar-refractivity contribution >= 4 is 5.97 Å². The first-order valence-electron chi connectivity index (χ1n) is 7.26. The van der Waals surface area contributed by atoms with E-state index < -0.39 is 11.5 Å². The minimum atomic E-state index is -0.870. The van der Waals surface area contributed by atoms with Gasteiger partial charge in [0.15, 0.2) is 11.4 Å². The van der Waals surface area contributed by atoms with Crippen LogP contribution in [0.3, 0.4) is 0 Å². The van der Waals surface area contributed by atoms with Crippen molar-refractivity contribution in [2.24, 2.45) is 0 Å². The summed E-state index contributed by atoms with van der Waals surface area (Å²) in [7, 11) is 0. The molecule has 0 bridgehead atoms. The molecule has 104 valence electrons. The van der Waals surface area contributed by atoms with Crippen LogP contribution in [0.15, 0.2) is 0 Å². The normalized spacial score (nSPS) is 23.6. The number of nitrogens with zero attached hydrogens (tertiary/aromatic N) is 4. The molecular formula is C13H20N4O2. The second-order valence-electron chi connectivity index (χ2n) is 5.83. The Labute approximate surface area is 112 Å². The molecule has 0 aromatic carbocycles. The maximum Gasteiger partial charge on any atom is 0.331 e. The van der Waals surface area contributed by atoms with Crippen LogP contribution >= 0.6 is 0 Å². The van der Waals surface area contributed by atoms with Gasteiger partial charge in [-0.15, -0.1) is 5.10 Å². The van der Waals surface area contributed by atoms with E-state index in [4.69, 9.17) is 0 Å². The van der Waals surface area contributed by atoms with Gasteiger partial charge in [-0.3, -0.25) is 0 Å². The highest BCUT2D eigenvalue weighted by atomic mass is 16.4. The van der Waals surface area contributed by atoms with E-state index in [0.717, 1.165) is 25.1 Å². The van der Waals surface area contributed by atoms with E-state index in [0.29, 0.717) is 18.8 Å². The first kappa shape index (κ1) is 12.6. The van der Waals surface area contributed by atoms with Crippen molar-refractivity contribution in [3.05, 3.63) is 5.82 Å². The Balaban J connectivity index is 1.91. The predicted octanol–water partition coefficient (Wildman–Crippen LogP) is 2.07. The summed E-state index contributed by atoms with van der Waals surface area (Å²) in [4.78, 5) is 11.6. The molecule has 2 aliphatic carbocycles. The molecule has 1 aromatic rings. The van der Waals surface area contributed by atoms with E-state index in [1.54, 1.807) is 4.68 Å². The number of carboxylic acid groups (broad SMARTS) is 1. The smallest absolute Gasteiger partial charge is 0.331 e. The molecule has 2 aliphatic rings. The number of aliphatic carboxylic acids is 1. The van der Waals surface area contributed by atoms with E-state index in [-0.39, 0.29) is 0 Å². The Bertz CT molecular complexity index is 459. The highest BCUT2D eigenvalue weighted by molar-refractivity contribution is 5.77. The summed E-state index contributed by atoms with van der Waals surface area (Å²) in [5.74, 6) is 0.333. The van der Waals surface area contributed by atoms with Gasteiger partial charge in [0, 0.05) is 5.92 Å². The molecule has 19 heavy (non-hydrogen) atoms. The standard InChI is InChI=1S/C13H20N4O2/c18-12(19)13(8-5-9-13)17-11(14-15-16-17)10-6-3-1-2-4-7-10/h10H,1-9H2,(H,18,19). The molecule has 0 atom stereocenters. The van der Waals surface area contributed by atoms with E-state index in [1.807, 2.05) is 0 Å². The summed E-state index contributed by atoms with van der Waals surface area (Å²) in [5.41, 5.74) is -0.870. The number of carbonyl (C=O) groups is 1. The Morgan fingerprint density at radius 3 is 2.37 bits per heavy atom. The summed E-state index contributed by atoms with van der Waals surface area (Å²) in [6.07, 6.45) is 9.31. The van der Waals surface area contributed by atoms with Crippen molar-refractivity contribution in [3.63, 3.8) is 0 Å². The van der Waals surface area contributed by atoms with Crippen LogP contribution in [-0.4, -0.2) is 31.3 Å². The second kappa shape index (κ2) is 4.90. The van der Waals surface area contributed by atoms with Crippen LogP contribution in [0.1, 0.15) is 69.5 Å². The summed E-state index contributed by atoms with van der Waals surface area (Å²) in [5, 5.41) is 21.4. The average Bonchev–Trinajstić information content (AvgIpc) is 2.63. The van der Waals surface area contributed by atoms with Gasteiger partial charge in [-0.25, -0.2) is 9.48 Å². The van der Waals surface area contributed by atoms with Gasteiger partial charge in [-0.2, -0.15) is 0 Å². The number of carboxylic acids is 1. The maximum atomic E-state index is 11.6. The number of tetrazole rings is 1. The predicted molar refractivity (Wildman–Crippen MR) is 67.7 cm³/mol. The molecule has 0 aliphatic heterocycles. The highest BCUT2D eigenvalue weighted by Crippen LogP contribution is 2.41. The Hall–Kier alpha value is -1.46. The van der Waals surface area contributed by atoms with Crippen LogP contribution in [0.5, 0.6) is 0 Å². The third kappa shape index (κ3) is 2.03. The average molecular weight is 264 g/mol. The first-order chi connectivity index (χ1) is 9.24. The molecular weight excluding hydrogens is 244 g/mol. The van der Waals surface area contributed by atoms with Gasteiger partial charge in [-0.05, 0) is 42.5 Å². The summed E-state index contributed by atoms with van der Waals surface area (Å²) >= 11 is 0. The van der Waals surface area contributed by atoms with Crippen LogP contribution in [-0.2, 0) is 10.3 Å². The van der Waals surface area contributed by atoms with Gasteiger partial charge in [-0.1, -0.05) is 25.7 Å². The summed E-state index contributed by atoms with van der Waals surface area (Å²) in [6.45, 7) is 0. The molecule has 6 nitrogen and oxygen atoms in total. The third-order valence-electron chi connectivity index (χ3n) is 4.70. The fraction of sp³-hybridized carbons (Fsp3) is 0.846. The van der Waals surface area contributed by atoms with E-state index in [9.17, 15) is 9.90 Å². The Kier molecular flexibility index (Phi) is 3.24. The topological polar surface area (TPSA) is 80.9 Å². The van der Waals surface area contributed by atoms with Crippen LogP contribution in [0.2, 0.25) is 0 Å². The number of hydrogen-bond acceptors (Lipinski definition) is 4. The first-order valence-corrected chi connectivity index (χ1v) is 7.26. The molecule has 1 aromatic heterocycles. The Morgan fingerprint density at radius 2 is 1.84 bits per heavy atom. The lowest BCUT2D eigenvalue weighted by atomic mass is 9.76. The van der Waals surface area contributed by atoms with Gasteiger partial charge >= 0.3 is 5.97 Å². The molecule has 0 radical (unpaired) electrons. The van der Waals surface area contributed by atoms with Crippen molar-refractivity contribution < 1.29 is 9.90 Å². The third-order valence-corrected chi connectivity index (χ3v) is 4.70. The van der Waals surface area contributed by atoms with Crippen molar-refractivity contribution in [3.8, 4) is 0 Å². The molecule has 0 unspecified atom stereocenters. The zero-order valence-corrected chi connectivity index (χ0v) is 11.1. The van der Waals surface area contributed by atoms with Gasteiger partial charge in [0.1, 0.15) is 0 Å². The molecule has 1 heterocycles. The van der Waals surface area contributed by atoms with E-state index >= 15 is 0 Å². The minimum Gasteiger partial charge on any atom is -0.479 e. The molecule has 0 saturated heterocycles. The fourth-order valence-corrected chi connectivity index (χ4v) is 3.32. The maximum absolute atomic E-state index is 11.6. The number of hydrogen-bond donors (Lipinski definition) is 1. The molecule has 0 spiro atoms. The van der Waals surface area contributed by atoms with Crippen LogP contribution in [0.25, 0.3) is 0 Å². The van der Waals surface area contributed by atoms with Crippen molar-refractivity contribution in [1.82, 2.24) is 20.2 Å². The minimum absolute atomic E-state index is 0.328. The fourth-order valence-electron chi connectivity index (χ4n) is 3.32. The van der Waals surface area contributed by atoms with Crippen LogP contribution in [0, 0.1) is 0 Å². The lowest BCUT2D eigenvalue weighted by Gasteiger charge is -2.38. The molecule has 6 heteroatoms. The zero-order valence-electron chi connectivity index (χ0n) is 11.1. The Morgan fingerprint density at radius 1 is 1.16 bits per heavy atom.